The molecule has 3 N–H and O–H groups in total. The van der Waals surface area contributed by atoms with E-state index < -0.39 is 12.1 Å². The Kier molecular flexibility index (Phi) is 8.75. The third-order valence-electron chi connectivity index (χ3n) is 9.94. The standard InChI is InChI=1S/C38H42N6O4/c1-22-5-14-34(44(22)37(45)35(43-38(46)47-4)31-15-23(2)48-24(3)16-31)36-40-20-33(42-36)26-8-6-25(7-9-26)27-10-11-29-18-30(13-12-28(29)17-27)32-19-39-21-41-32/h6-13,17-24,31,34-35H,5,14-16H2,1-4H3,(H,39,41)(H,40,42)(H,43,46)/t22-,23-,24+,31?,34-,35?/m0/s1. The van der Waals surface area contributed by atoms with Crippen molar-refractivity contribution in [2.24, 2.45) is 5.92 Å². The molecule has 2 unspecified atom stereocenters. The Hall–Kier alpha value is -4.96. The van der Waals surface area contributed by atoms with Crippen LogP contribution in [0.15, 0.2) is 79.4 Å². The molecule has 0 radical (unpaired) electrons. The number of hydrogen-bond acceptors (Lipinski definition) is 6. The Labute approximate surface area is 280 Å². The lowest BCUT2D eigenvalue weighted by molar-refractivity contribution is -0.140. The molecule has 2 aliphatic rings. The second-order valence-corrected chi connectivity index (χ2v) is 13.3. The predicted molar refractivity (Wildman–Crippen MR) is 185 cm³/mol. The number of carbonyl (C=O) groups is 2. The molecule has 2 aliphatic heterocycles. The predicted octanol–water partition coefficient (Wildman–Crippen LogP) is 7.27. The highest BCUT2D eigenvalue weighted by Crippen LogP contribution is 2.38. The van der Waals surface area contributed by atoms with Crippen molar-refractivity contribution < 1.29 is 19.1 Å². The van der Waals surface area contributed by atoms with Crippen molar-refractivity contribution in [3.63, 3.8) is 0 Å². The summed E-state index contributed by atoms with van der Waals surface area (Å²) in [5, 5.41) is 5.22. The summed E-state index contributed by atoms with van der Waals surface area (Å²) in [6, 6.07) is 20.5. The molecule has 0 spiro atoms. The number of H-pyrrole nitrogens is 2. The lowest BCUT2D eigenvalue weighted by Crippen LogP contribution is -2.55. The molecule has 5 aromatic rings. The number of nitrogens with one attached hydrogen (secondary N) is 3. The van der Waals surface area contributed by atoms with Crippen LogP contribution in [0, 0.1) is 5.92 Å². The zero-order valence-electron chi connectivity index (χ0n) is 27.8. The van der Waals surface area contributed by atoms with Gasteiger partial charge in [0.15, 0.2) is 0 Å². The number of aromatic amines is 2. The summed E-state index contributed by atoms with van der Waals surface area (Å²) in [5.41, 5.74) is 6.29. The van der Waals surface area contributed by atoms with Gasteiger partial charge in [0.25, 0.3) is 0 Å². The zero-order valence-corrected chi connectivity index (χ0v) is 27.8. The van der Waals surface area contributed by atoms with E-state index in [1.54, 1.807) is 6.33 Å². The molecule has 4 heterocycles. The molecular formula is C38H42N6O4. The topological polar surface area (TPSA) is 125 Å². The molecule has 0 saturated carbocycles. The van der Waals surface area contributed by atoms with Gasteiger partial charge in [-0.15, -0.1) is 0 Å². The van der Waals surface area contributed by atoms with Crippen LogP contribution in [-0.4, -0.2) is 68.2 Å². The summed E-state index contributed by atoms with van der Waals surface area (Å²) in [7, 11) is 1.32. The largest absolute Gasteiger partial charge is 0.453 e. The van der Waals surface area contributed by atoms with E-state index in [1.165, 1.54) is 17.9 Å². The maximum Gasteiger partial charge on any atom is 0.407 e. The van der Waals surface area contributed by atoms with Gasteiger partial charge in [-0.3, -0.25) is 4.79 Å². The van der Waals surface area contributed by atoms with Crippen LogP contribution in [0.5, 0.6) is 0 Å². The number of hydrogen-bond donors (Lipinski definition) is 3. The molecule has 48 heavy (non-hydrogen) atoms. The summed E-state index contributed by atoms with van der Waals surface area (Å²) >= 11 is 0. The van der Waals surface area contributed by atoms with Crippen molar-refractivity contribution in [2.45, 2.75) is 76.8 Å². The fraction of sp³-hybridized carbons (Fsp3) is 0.368. The molecule has 2 fully saturated rings. The first kappa shape index (κ1) is 31.6. The minimum Gasteiger partial charge on any atom is -0.453 e. The van der Waals surface area contributed by atoms with Crippen molar-refractivity contribution in [1.82, 2.24) is 30.2 Å². The van der Waals surface area contributed by atoms with Crippen LogP contribution in [0.4, 0.5) is 4.79 Å². The number of methoxy groups -OCH3 is 1. The van der Waals surface area contributed by atoms with Gasteiger partial charge in [-0.05, 0) is 92.0 Å². The highest BCUT2D eigenvalue weighted by Gasteiger charge is 2.44. The van der Waals surface area contributed by atoms with Crippen LogP contribution in [0.25, 0.3) is 44.4 Å². The Morgan fingerprint density at radius 1 is 0.875 bits per heavy atom. The third kappa shape index (κ3) is 6.32. The van der Waals surface area contributed by atoms with Gasteiger partial charge >= 0.3 is 6.09 Å². The van der Waals surface area contributed by atoms with Crippen molar-refractivity contribution in [3.05, 3.63) is 85.2 Å². The average molecular weight is 647 g/mol. The normalized spacial score (nSPS) is 23.2. The molecule has 2 aromatic heterocycles. The maximum absolute atomic E-state index is 14.3. The van der Waals surface area contributed by atoms with E-state index in [2.05, 4.69) is 87.9 Å². The Balaban J connectivity index is 1.09. The third-order valence-corrected chi connectivity index (χ3v) is 9.94. The van der Waals surface area contributed by atoms with Gasteiger partial charge in [0.05, 0.1) is 55.5 Å². The number of ether oxygens (including phenoxy) is 2. The molecule has 10 nitrogen and oxygen atoms in total. The summed E-state index contributed by atoms with van der Waals surface area (Å²) in [6.45, 7) is 6.10. The molecule has 10 heteroatoms. The highest BCUT2D eigenvalue weighted by molar-refractivity contribution is 5.90. The SMILES string of the molecule is COC(=O)NC(C(=O)N1[C@@H](C)CC[C@H]1c1ncc(-c2ccc(-c3ccc4cc(-c5cnc[nH]5)ccc4c3)cc2)[nH]1)C1C[C@@H](C)O[C@@H](C)C1. The summed E-state index contributed by atoms with van der Waals surface area (Å²) in [6.07, 6.45) is 7.78. The summed E-state index contributed by atoms with van der Waals surface area (Å²) in [4.78, 5) is 44.2. The van der Waals surface area contributed by atoms with E-state index in [0.29, 0.717) is 12.8 Å². The number of carbonyl (C=O) groups excluding carboxylic acids is 2. The zero-order chi connectivity index (χ0) is 33.4. The van der Waals surface area contributed by atoms with Gasteiger partial charge in [0.1, 0.15) is 11.9 Å². The number of benzene rings is 3. The second kappa shape index (κ2) is 13.3. The number of alkyl carbamates (subject to hydrolysis) is 1. The Morgan fingerprint density at radius 2 is 1.54 bits per heavy atom. The number of aromatic nitrogens is 4. The van der Waals surface area contributed by atoms with Gasteiger partial charge in [0, 0.05) is 11.6 Å². The van der Waals surface area contributed by atoms with E-state index in [-0.39, 0.29) is 36.1 Å². The molecule has 0 aliphatic carbocycles. The van der Waals surface area contributed by atoms with Crippen LogP contribution in [-0.2, 0) is 14.3 Å². The molecule has 248 valence electrons. The molecule has 2 saturated heterocycles. The summed E-state index contributed by atoms with van der Waals surface area (Å²) < 4.78 is 10.9. The first-order chi connectivity index (χ1) is 23.3. The van der Waals surface area contributed by atoms with Gasteiger partial charge in [-0.2, -0.15) is 0 Å². The molecule has 2 amide bonds. The van der Waals surface area contributed by atoms with Crippen molar-refractivity contribution >= 4 is 22.8 Å². The minimum atomic E-state index is -0.704. The van der Waals surface area contributed by atoms with Crippen LogP contribution in [0.2, 0.25) is 0 Å². The minimum absolute atomic E-state index is 0.00165. The van der Waals surface area contributed by atoms with Crippen LogP contribution in [0.1, 0.15) is 58.3 Å². The number of nitrogens with zero attached hydrogens (tertiary/aromatic N) is 3. The highest BCUT2D eigenvalue weighted by atomic mass is 16.5. The van der Waals surface area contributed by atoms with Gasteiger partial charge in [-0.1, -0.05) is 48.5 Å². The van der Waals surface area contributed by atoms with Crippen LogP contribution < -0.4 is 5.32 Å². The first-order valence-corrected chi connectivity index (χ1v) is 16.8. The average Bonchev–Trinajstić information content (AvgIpc) is 3.88. The molecule has 3 aromatic carbocycles. The molecule has 0 bridgehead atoms. The first-order valence-electron chi connectivity index (χ1n) is 16.8. The lowest BCUT2D eigenvalue weighted by atomic mass is 9.85. The number of likely N-dealkylation sites (tertiary alicyclic amines) is 1. The maximum atomic E-state index is 14.3. The van der Waals surface area contributed by atoms with Gasteiger partial charge < -0.3 is 29.7 Å². The summed E-state index contributed by atoms with van der Waals surface area (Å²) in [5.74, 6) is 0.592. The lowest BCUT2D eigenvalue weighted by Gasteiger charge is -2.39. The monoisotopic (exact) mass is 646 g/mol. The van der Waals surface area contributed by atoms with Crippen molar-refractivity contribution in [1.29, 1.82) is 0 Å². The molecular weight excluding hydrogens is 604 g/mol. The van der Waals surface area contributed by atoms with Crippen molar-refractivity contribution in [2.75, 3.05) is 7.11 Å². The Morgan fingerprint density at radius 3 is 2.23 bits per heavy atom. The second-order valence-electron chi connectivity index (χ2n) is 13.3. The van der Waals surface area contributed by atoms with Gasteiger partial charge in [0.2, 0.25) is 5.91 Å². The molecule has 6 atom stereocenters. The van der Waals surface area contributed by atoms with E-state index in [9.17, 15) is 9.59 Å². The van der Waals surface area contributed by atoms with Crippen LogP contribution >= 0.6 is 0 Å². The number of rotatable bonds is 7. The number of fused-ring (bicyclic) bond motifs is 1. The fourth-order valence-electron chi connectivity index (χ4n) is 7.58. The van der Waals surface area contributed by atoms with E-state index in [1.807, 2.05) is 31.1 Å². The van der Waals surface area contributed by atoms with E-state index in [4.69, 9.17) is 14.5 Å². The van der Waals surface area contributed by atoms with E-state index >= 15 is 0 Å². The van der Waals surface area contributed by atoms with E-state index in [0.717, 1.165) is 52.3 Å². The van der Waals surface area contributed by atoms with Crippen molar-refractivity contribution in [3.8, 4) is 33.6 Å². The van der Waals surface area contributed by atoms with Gasteiger partial charge in [-0.25, -0.2) is 14.8 Å². The van der Waals surface area contributed by atoms with Crippen LogP contribution in [0.3, 0.4) is 0 Å². The number of amides is 2. The number of imidazole rings is 2. The Bertz CT molecular complexity index is 1890. The fourth-order valence-corrected chi connectivity index (χ4v) is 7.58. The smallest absolute Gasteiger partial charge is 0.407 e. The molecule has 7 rings (SSSR count). The quantitative estimate of drug-likeness (QED) is 0.171.